The van der Waals surface area contributed by atoms with Crippen LogP contribution >= 0.6 is 0 Å². The highest BCUT2D eigenvalue weighted by molar-refractivity contribution is 5.98. The average Bonchev–Trinajstić information content (AvgIpc) is 2.72. The first-order valence-corrected chi connectivity index (χ1v) is 10.5. The summed E-state index contributed by atoms with van der Waals surface area (Å²) in [6.45, 7) is 13.9. The van der Waals surface area contributed by atoms with E-state index < -0.39 is 0 Å². The van der Waals surface area contributed by atoms with Gasteiger partial charge in [0.15, 0.2) is 0 Å². The minimum atomic E-state index is -0.161. The van der Waals surface area contributed by atoms with Crippen molar-refractivity contribution < 1.29 is 19.0 Å². The van der Waals surface area contributed by atoms with Gasteiger partial charge in [-0.25, -0.2) is 0 Å². The molecule has 0 saturated carbocycles. The summed E-state index contributed by atoms with van der Waals surface area (Å²) in [6, 6.07) is 11.9. The lowest BCUT2D eigenvalue weighted by atomic mass is 9.96. The monoisotopic (exact) mass is 425 g/mol. The molecule has 168 valence electrons. The van der Waals surface area contributed by atoms with Crippen LogP contribution < -0.4 is 14.2 Å². The third kappa shape index (κ3) is 7.67. The number of hydrogen-bond donors (Lipinski definition) is 0. The maximum absolute atomic E-state index is 6.20. The molecule has 2 aromatic rings. The zero-order valence-corrected chi connectivity index (χ0v) is 19.8. The summed E-state index contributed by atoms with van der Waals surface area (Å²) in [5.74, 6) is 2.58. The van der Waals surface area contributed by atoms with Gasteiger partial charge in [0.2, 0.25) is 0 Å². The fraction of sp³-hybridized carbons (Fsp3) is 0.423. The van der Waals surface area contributed by atoms with E-state index >= 15 is 0 Å². The van der Waals surface area contributed by atoms with Crippen LogP contribution in [0.2, 0.25) is 0 Å². The molecule has 5 nitrogen and oxygen atoms in total. The van der Waals surface area contributed by atoms with Crippen molar-refractivity contribution in [2.24, 2.45) is 10.6 Å². The van der Waals surface area contributed by atoms with Crippen LogP contribution in [-0.2, 0) is 4.84 Å². The summed E-state index contributed by atoms with van der Waals surface area (Å²) >= 11 is 0. The second kappa shape index (κ2) is 11.4. The third-order valence-electron chi connectivity index (χ3n) is 4.75. The molecule has 0 bridgehead atoms. The third-order valence-corrected chi connectivity index (χ3v) is 4.75. The molecule has 0 radical (unpaired) electrons. The maximum atomic E-state index is 6.20. The lowest BCUT2D eigenvalue weighted by Crippen LogP contribution is -2.29. The quantitative estimate of drug-likeness (QED) is 0.247. The van der Waals surface area contributed by atoms with E-state index in [1.807, 2.05) is 76.2 Å². The van der Waals surface area contributed by atoms with E-state index in [1.165, 1.54) is 0 Å². The molecule has 2 rings (SSSR count). The molecule has 0 aliphatic heterocycles. The zero-order valence-electron chi connectivity index (χ0n) is 19.8. The predicted octanol–water partition coefficient (Wildman–Crippen LogP) is 6.11. The van der Waals surface area contributed by atoms with Crippen molar-refractivity contribution in [2.45, 2.75) is 41.5 Å². The lowest BCUT2D eigenvalue weighted by Gasteiger charge is -2.26. The molecule has 0 amide bonds. The van der Waals surface area contributed by atoms with Crippen LogP contribution in [-0.4, -0.2) is 32.6 Å². The van der Waals surface area contributed by atoms with Gasteiger partial charge in [-0.1, -0.05) is 31.2 Å². The number of aryl methyl sites for hydroxylation is 2. The van der Waals surface area contributed by atoms with Gasteiger partial charge >= 0.3 is 0 Å². The summed E-state index contributed by atoms with van der Waals surface area (Å²) in [4.78, 5) is 4.82. The Hall–Kier alpha value is -2.95. The summed E-state index contributed by atoms with van der Waals surface area (Å²) < 4.78 is 18.0. The van der Waals surface area contributed by atoms with Crippen LogP contribution in [0.4, 0.5) is 0 Å². The zero-order chi connectivity index (χ0) is 22.9. The fourth-order valence-corrected chi connectivity index (χ4v) is 3.03. The molecule has 0 aliphatic carbocycles. The number of ether oxygens (including phenoxy) is 3. The first-order valence-electron chi connectivity index (χ1n) is 10.5. The van der Waals surface area contributed by atoms with E-state index in [-0.39, 0.29) is 5.41 Å². The summed E-state index contributed by atoms with van der Waals surface area (Å²) in [6.07, 6.45) is 3.96. The Morgan fingerprint density at radius 2 is 1.55 bits per heavy atom. The van der Waals surface area contributed by atoms with Gasteiger partial charge in [-0.2, -0.15) is 0 Å². The normalized spacial score (nSPS) is 12.2. The molecule has 0 fully saturated rings. The van der Waals surface area contributed by atoms with Gasteiger partial charge in [0.1, 0.15) is 31.0 Å². The Kier molecular flexibility index (Phi) is 8.98. The second-order valence-corrected chi connectivity index (χ2v) is 8.39. The van der Waals surface area contributed by atoms with Crippen molar-refractivity contribution in [3.63, 3.8) is 0 Å². The molecule has 0 N–H and O–H groups in total. The van der Waals surface area contributed by atoms with E-state index in [2.05, 4.69) is 19.0 Å². The predicted molar refractivity (Wildman–Crippen MR) is 127 cm³/mol. The van der Waals surface area contributed by atoms with Crippen LogP contribution in [0.1, 0.15) is 44.4 Å². The first-order chi connectivity index (χ1) is 14.8. The van der Waals surface area contributed by atoms with Gasteiger partial charge in [0, 0.05) is 5.41 Å². The van der Waals surface area contributed by atoms with Crippen molar-refractivity contribution in [1.82, 2.24) is 0 Å². The van der Waals surface area contributed by atoms with Gasteiger partial charge < -0.3 is 19.0 Å². The van der Waals surface area contributed by atoms with Crippen LogP contribution in [0.15, 0.2) is 53.7 Å². The number of benzene rings is 2. The van der Waals surface area contributed by atoms with Crippen molar-refractivity contribution in [1.29, 1.82) is 0 Å². The molecule has 0 spiro atoms. The Balaban J connectivity index is 1.93. The number of oxime groups is 1. The van der Waals surface area contributed by atoms with Gasteiger partial charge in [0.05, 0.1) is 18.9 Å². The Labute approximate surface area is 186 Å². The van der Waals surface area contributed by atoms with Gasteiger partial charge in [-0.3, -0.25) is 0 Å². The smallest absolute Gasteiger partial charge is 0.125 e. The van der Waals surface area contributed by atoms with E-state index in [1.54, 1.807) is 7.11 Å². The lowest BCUT2D eigenvalue weighted by molar-refractivity contribution is 0.109. The molecule has 0 heterocycles. The molecule has 0 saturated heterocycles. The second-order valence-electron chi connectivity index (χ2n) is 8.39. The van der Waals surface area contributed by atoms with Crippen molar-refractivity contribution >= 4 is 5.71 Å². The van der Waals surface area contributed by atoms with Crippen molar-refractivity contribution in [3.8, 4) is 17.2 Å². The largest absolute Gasteiger partial charge is 0.493 e. The highest BCUT2D eigenvalue weighted by Crippen LogP contribution is 2.30. The van der Waals surface area contributed by atoms with E-state index in [4.69, 9.17) is 19.0 Å². The molecule has 5 heteroatoms. The summed E-state index contributed by atoms with van der Waals surface area (Å²) in [7, 11) is 1.54. The topological polar surface area (TPSA) is 49.3 Å². The highest BCUT2D eigenvalue weighted by Gasteiger charge is 2.21. The molecular formula is C26H35NO4. The molecule has 31 heavy (non-hydrogen) atoms. The SMILES string of the molecule is C/C=C/COc1cc(C)c(OCC(C)(C)COc2ccc(C(C)=NOC)cc2)c(C)c1. The van der Waals surface area contributed by atoms with E-state index in [0.29, 0.717) is 19.8 Å². The molecule has 0 aliphatic rings. The van der Waals surface area contributed by atoms with Crippen LogP contribution in [0.3, 0.4) is 0 Å². The van der Waals surface area contributed by atoms with Gasteiger partial charge in [-0.05, 0) is 80.8 Å². The molecule has 2 aromatic carbocycles. The number of nitrogens with zero attached hydrogens (tertiary/aromatic N) is 1. The van der Waals surface area contributed by atoms with E-state index in [0.717, 1.165) is 39.7 Å². The minimum absolute atomic E-state index is 0.161. The number of hydrogen-bond acceptors (Lipinski definition) is 5. The summed E-state index contributed by atoms with van der Waals surface area (Å²) in [5, 5.41) is 3.95. The minimum Gasteiger partial charge on any atom is -0.493 e. The van der Waals surface area contributed by atoms with Crippen molar-refractivity contribution in [3.05, 3.63) is 65.2 Å². The number of allylic oxidation sites excluding steroid dienone is 1. The Morgan fingerprint density at radius 3 is 2.13 bits per heavy atom. The molecular weight excluding hydrogens is 390 g/mol. The van der Waals surface area contributed by atoms with Gasteiger partial charge in [0.25, 0.3) is 0 Å². The molecule has 0 unspecified atom stereocenters. The highest BCUT2D eigenvalue weighted by atomic mass is 16.6. The van der Waals surface area contributed by atoms with Crippen LogP contribution in [0.5, 0.6) is 17.2 Å². The van der Waals surface area contributed by atoms with Crippen LogP contribution in [0, 0.1) is 19.3 Å². The Morgan fingerprint density at radius 1 is 0.935 bits per heavy atom. The molecule has 0 atom stereocenters. The standard InChI is InChI=1S/C26H35NO4/c1-8-9-14-29-24-15-19(2)25(20(3)16-24)31-18-26(5,6)17-30-23-12-10-22(11-13-23)21(4)27-28-7/h8-13,15-16H,14,17-18H2,1-7H3/b9-8+,27-21?. The summed E-state index contributed by atoms with van der Waals surface area (Å²) in [5.41, 5.74) is 3.80. The maximum Gasteiger partial charge on any atom is 0.125 e. The first kappa shape index (κ1) is 24.3. The Bertz CT molecular complexity index is 875. The number of rotatable bonds is 11. The average molecular weight is 426 g/mol. The van der Waals surface area contributed by atoms with Gasteiger partial charge in [-0.15, -0.1) is 0 Å². The van der Waals surface area contributed by atoms with E-state index in [9.17, 15) is 0 Å². The van der Waals surface area contributed by atoms with Crippen molar-refractivity contribution in [2.75, 3.05) is 26.9 Å². The fourth-order valence-electron chi connectivity index (χ4n) is 3.03. The van der Waals surface area contributed by atoms with Crippen LogP contribution in [0.25, 0.3) is 0 Å². The molecule has 0 aromatic heterocycles.